The van der Waals surface area contributed by atoms with Gasteiger partial charge in [0.1, 0.15) is 11.3 Å². The maximum absolute atomic E-state index is 12.7. The van der Waals surface area contributed by atoms with Crippen LogP contribution in [0.4, 0.5) is 0 Å². The molecular weight excluding hydrogens is 394 g/mol. The van der Waals surface area contributed by atoms with E-state index in [1.54, 1.807) is 18.7 Å². The van der Waals surface area contributed by atoms with Gasteiger partial charge in [-0.2, -0.15) is 5.10 Å². The number of hydrogen-bond acceptors (Lipinski definition) is 5. The van der Waals surface area contributed by atoms with Crippen LogP contribution in [0.2, 0.25) is 0 Å². The second kappa shape index (κ2) is 9.93. The lowest BCUT2D eigenvalue weighted by atomic mass is 10.2. The molecule has 0 atom stereocenters. The second-order valence-corrected chi connectivity index (χ2v) is 7.20. The van der Waals surface area contributed by atoms with Crippen LogP contribution in [-0.2, 0) is 16.1 Å². The zero-order valence-electron chi connectivity index (χ0n) is 18.3. The predicted octanol–water partition coefficient (Wildman–Crippen LogP) is 3.70. The zero-order valence-corrected chi connectivity index (χ0v) is 18.3. The Kier molecular flexibility index (Phi) is 7.07. The average molecular weight is 421 g/mol. The van der Waals surface area contributed by atoms with Gasteiger partial charge in [0.25, 0.3) is 5.91 Å². The average Bonchev–Trinajstić information content (AvgIpc) is 3.08. The van der Waals surface area contributed by atoms with Crippen LogP contribution in [0.1, 0.15) is 34.2 Å². The summed E-state index contributed by atoms with van der Waals surface area (Å²) in [6.45, 7) is 6.17. The number of amides is 1. The van der Waals surface area contributed by atoms with Crippen LogP contribution < -0.4 is 4.74 Å². The van der Waals surface area contributed by atoms with Crippen LogP contribution in [0.5, 0.6) is 5.75 Å². The van der Waals surface area contributed by atoms with Crippen molar-refractivity contribution in [2.24, 2.45) is 0 Å². The van der Waals surface area contributed by atoms with Crippen molar-refractivity contribution >= 4 is 11.9 Å². The van der Waals surface area contributed by atoms with Crippen LogP contribution in [0.3, 0.4) is 0 Å². The summed E-state index contributed by atoms with van der Waals surface area (Å²) in [6, 6.07) is 17.1. The molecule has 1 heterocycles. The molecule has 7 nitrogen and oxygen atoms in total. The Bertz CT molecular complexity index is 1040. The van der Waals surface area contributed by atoms with Gasteiger partial charge in [-0.05, 0) is 50.6 Å². The molecule has 0 bridgehead atoms. The van der Waals surface area contributed by atoms with Crippen molar-refractivity contribution in [3.8, 4) is 11.4 Å². The van der Waals surface area contributed by atoms with Gasteiger partial charge in [0.2, 0.25) is 0 Å². The number of para-hydroxylation sites is 1. The first-order valence-corrected chi connectivity index (χ1v) is 10.1. The standard InChI is InChI=1S/C24H27N3O4/c1-5-30-21-13-11-19(12-14-21)15-26(4)22(28)16-31-24(29)23-17(2)25-27(18(23)3)20-9-7-6-8-10-20/h6-14H,5,15-16H2,1-4H3. The molecule has 0 fully saturated rings. The normalized spacial score (nSPS) is 10.6. The Morgan fingerprint density at radius 3 is 2.35 bits per heavy atom. The molecule has 0 spiro atoms. The van der Waals surface area contributed by atoms with Crippen LogP contribution in [0.15, 0.2) is 54.6 Å². The number of ether oxygens (including phenoxy) is 2. The van der Waals surface area contributed by atoms with Gasteiger partial charge in [0.05, 0.1) is 23.7 Å². The molecule has 2 aromatic carbocycles. The van der Waals surface area contributed by atoms with E-state index >= 15 is 0 Å². The molecule has 0 N–H and O–H groups in total. The first-order valence-electron chi connectivity index (χ1n) is 10.1. The summed E-state index contributed by atoms with van der Waals surface area (Å²) in [4.78, 5) is 26.6. The molecule has 0 aliphatic heterocycles. The molecule has 31 heavy (non-hydrogen) atoms. The van der Waals surface area contributed by atoms with E-state index in [1.165, 1.54) is 4.90 Å². The van der Waals surface area contributed by atoms with Gasteiger partial charge >= 0.3 is 5.97 Å². The van der Waals surface area contributed by atoms with Gasteiger partial charge in [0, 0.05) is 13.6 Å². The molecule has 0 aliphatic rings. The number of esters is 1. The molecule has 1 amide bonds. The van der Waals surface area contributed by atoms with E-state index in [9.17, 15) is 9.59 Å². The monoisotopic (exact) mass is 421 g/mol. The lowest BCUT2D eigenvalue weighted by Gasteiger charge is -2.17. The summed E-state index contributed by atoms with van der Waals surface area (Å²) in [7, 11) is 1.68. The fourth-order valence-electron chi connectivity index (χ4n) is 3.29. The molecule has 0 saturated heterocycles. The van der Waals surface area contributed by atoms with Gasteiger partial charge in [0.15, 0.2) is 6.61 Å². The Morgan fingerprint density at radius 1 is 1.03 bits per heavy atom. The van der Waals surface area contributed by atoms with E-state index in [0.29, 0.717) is 30.1 Å². The number of rotatable bonds is 8. The first kappa shape index (κ1) is 22.1. The van der Waals surface area contributed by atoms with Crippen molar-refractivity contribution < 1.29 is 19.1 Å². The summed E-state index contributed by atoms with van der Waals surface area (Å²) >= 11 is 0. The molecule has 0 radical (unpaired) electrons. The summed E-state index contributed by atoms with van der Waals surface area (Å²) in [6.07, 6.45) is 0. The number of carbonyl (C=O) groups is 2. The molecule has 1 aromatic heterocycles. The number of hydrogen-bond donors (Lipinski definition) is 0. The fraction of sp³-hybridized carbons (Fsp3) is 0.292. The number of carbonyl (C=O) groups excluding carboxylic acids is 2. The largest absolute Gasteiger partial charge is 0.494 e. The topological polar surface area (TPSA) is 73.7 Å². The maximum atomic E-state index is 12.7. The SMILES string of the molecule is CCOc1ccc(CN(C)C(=O)COC(=O)c2c(C)nn(-c3ccccc3)c2C)cc1. The third kappa shape index (κ3) is 5.31. The van der Waals surface area contributed by atoms with Crippen molar-refractivity contribution in [3.05, 3.63) is 77.1 Å². The smallest absolute Gasteiger partial charge is 0.342 e. The minimum absolute atomic E-state index is 0.284. The predicted molar refractivity (Wildman–Crippen MR) is 117 cm³/mol. The molecule has 0 unspecified atom stereocenters. The van der Waals surface area contributed by atoms with Crippen LogP contribution in [0.25, 0.3) is 5.69 Å². The summed E-state index contributed by atoms with van der Waals surface area (Å²) in [5.41, 5.74) is 3.42. The van der Waals surface area contributed by atoms with Crippen LogP contribution in [0, 0.1) is 13.8 Å². The van der Waals surface area contributed by atoms with E-state index in [-0.39, 0.29) is 12.5 Å². The molecule has 0 aliphatic carbocycles. The van der Waals surface area contributed by atoms with Crippen LogP contribution >= 0.6 is 0 Å². The Hall–Kier alpha value is -3.61. The molecule has 162 valence electrons. The van der Waals surface area contributed by atoms with Gasteiger partial charge in [-0.25, -0.2) is 9.48 Å². The molecule has 0 saturated carbocycles. The fourth-order valence-corrected chi connectivity index (χ4v) is 3.29. The Balaban J connectivity index is 1.60. The summed E-state index contributed by atoms with van der Waals surface area (Å²) in [5.74, 6) is -0.0519. The molecule has 3 rings (SSSR count). The third-order valence-electron chi connectivity index (χ3n) is 4.90. The lowest BCUT2D eigenvalue weighted by molar-refractivity contribution is -0.133. The highest BCUT2D eigenvalue weighted by Gasteiger charge is 2.22. The minimum atomic E-state index is -0.556. The number of aromatic nitrogens is 2. The molecule has 3 aromatic rings. The van der Waals surface area contributed by atoms with Gasteiger partial charge in [-0.3, -0.25) is 4.79 Å². The van der Waals surface area contributed by atoms with E-state index < -0.39 is 5.97 Å². The van der Waals surface area contributed by atoms with Crippen molar-refractivity contribution in [3.63, 3.8) is 0 Å². The van der Waals surface area contributed by atoms with Gasteiger partial charge < -0.3 is 14.4 Å². The molecule has 7 heteroatoms. The highest BCUT2D eigenvalue weighted by atomic mass is 16.5. The summed E-state index contributed by atoms with van der Waals surface area (Å²) in [5, 5.41) is 4.45. The Morgan fingerprint density at radius 2 is 1.71 bits per heavy atom. The second-order valence-electron chi connectivity index (χ2n) is 7.20. The molecular formula is C24H27N3O4. The van der Waals surface area contributed by atoms with E-state index in [2.05, 4.69) is 5.10 Å². The minimum Gasteiger partial charge on any atom is -0.494 e. The third-order valence-corrected chi connectivity index (χ3v) is 4.90. The highest BCUT2D eigenvalue weighted by Crippen LogP contribution is 2.19. The zero-order chi connectivity index (χ0) is 22.4. The number of likely N-dealkylation sites (N-methyl/N-ethyl adjacent to an activating group) is 1. The Labute approximate surface area is 182 Å². The summed E-state index contributed by atoms with van der Waals surface area (Å²) < 4.78 is 12.4. The van der Waals surface area contributed by atoms with Crippen molar-refractivity contribution in [2.45, 2.75) is 27.3 Å². The van der Waals surface area contributed by atoms with Gasteiger partial charge in [-0.15, -0.1) is 0 Å². The lowest BCUT2D eigenvalue weighted by Crippen LogP contribution is -2.31. The van der Waals surface area contributed by atoms with Gasteiger partial charge in [-0.1, -0.05) is 30.3 Å². The number of aryl methyl sites for hydroxylation is 1. The highest BCUT2D eigenvalue weighted by molar-refractivity contribution is 5.93. The van der Waals surface area contributed by atoms with Crippen molar-refractivity contribution in [2.75, 3.05) is 20.3 Å². The number of nitrogens with zero attached hydrogens (tertiary/aromatic N) is 3. The number of benzene rings is 2. The van der Waals surface area contributed by atoms with E-state index in [0.717, 1.165) is 17.0 Å². The van der Waals surface area contributed by atoms with Crippen molar-refractivity contribution in [1.82, 2.24) is 14.7 Å². The quantitative estimate of drug-likeness (QED) is 0.519. The van der Waals surface area contributed by atoms with E-state index in [4.69, 9.17) is 9.47 Å². The van der Waals surface area contributed by atoms with Crippen molar-refractivity contribution in [1.29, 1.82) is 0 Å². The van der Waals surface area contributed by atoms with Crippen LogP contribution in [-0.4, -0.2) is 46.8 Å². The first-order chi connectivity index (χ1) is 14.9. The van der Waals surface area contributed by atoms with E-state index in [1.807, 2.05) is 68.4 Å². The maximum Gasteiger partial charge on any atom is 0.342 e.